The first-order chi connectivity index (χ1) is 17.6. The van der Waals surface area contributed by atoms with Gasteiger partial charge in [0.15, 0.2) is 11.5 Å². The molecule has 2 aromatic heterocycles. The number of aromatic nitrogens is 1. The van der Waals surface area contributed by atoms with Crippen LogP contribution in [0.5, 0.6) is 11.5 Å². The number of aryl methyl sites for hydroxylation is 2. The van der Waals surface area contributed by atoms with Crippen LogP contribution < -0.4 is 20.1 Å². The molecular weight excluding hydrogens is 506 g/mol. The molecule has 0 spiro atoms. The highest BCUT2D eigenvalue weighted by Gasteiger charge is 2.19. The lowest BCUT2D eigenvalue weighted by Crippen LogP contribution is -2.11. The van der Waals surface area contributed by atoms with Crippen LogP contribution >= 0.6 is 23.7 Å². The van der Waals surface area contributed by atoms with Gasteiger partial charge in [0.05, 0.1) is 25.4 Å². The number of benzene rings is 2. The number of nitrogens with one attached hydrogen (secondary N) is 2. The molecule has 37 heavy (non-hydrogen) atoms. The average Bonchev–Trinajstić information content (AvgIpc) is 3.32. The normalized spacial score (nSPS) is 12.6. The molecule has 1 aliphatic carbocycles. The number of hydrogen-bond donors (Lipinski definition) is 2. The number of ether oxygens (including phenoxy) is 2. The van der Waals surface area contributed by atoms with Crippen LogP contribution in [0.3, 0.4) is 0 Å². The number of methoxy groups -OCH3 is 2. The van der Waals surface area contributed by atoms with Gasteiger partial charge in [0.2, 0.25) is 5.91 Å². The van der Waals surface area contributed by atoms with Crippen LogP contribution in [0.25, 0.3) is 17.0 Å². The third-order valence-corrected chi connectivity index (χ3v) is 7.45. The fraction of sp³-hybridized carbons (Fsp3) is 0.241. The predicted octanol–water partition coefficient (Wildman–Crippen LogP) is 7.32. The van der Waals surface area contributed by atoms with Crippen molar-refractivity contribution in [2.75, 3.05) is 24.9 Å². The van der Waals surface area contributed by atoms with Crippen molar-refractivity contribution >= 4 is 63.7 Å². The lowest BCUT2D eigenvalue weighted by molar-refractivity contribution is -0.111. The van der Waals surface area contributed by atoms with Gasteiger partial charge in [0, 0.05) is 39.5 Å². The third-order valence-electron chi connectivity index (χ3n) is 6.47. The lowest BCUT2D eigenvalue weighted by atomic mass is 9.92. The second-order valence-corrected chi connectivity index (χ2v) is 9.78. The molecule has 1 aliphatic rings. The molecule has 0 fully saturated rings. The maximum Gasteiger partial charge on any atom is 0.248 e. The van der Waals surface area contributed by atoms with Crippen molar-refractivity contribution < 1.29 is 14.3 Å². The molecule has 0 unspecified atom stereocenters. The Morgan fingerprint density at radius 3 is 2.54 bits per heavy atom. The second kappa shape index (κ2) is 11.7. The third kappa shape index (κ3) is 5.73. The number of pyridine rings is 1. The first-order valence-electron chi connectivity index (χ1n) is 12.0. The second-order valence-electron chi connectivity index (χ2n) is 8.84. The van der Waals surface area contributed by atoms with E-state index in [1.807, 2.05) is 60.8 Å². The molecular formula is C29H30ClN3O3S. The van der Waals surface area contributed by atoms with E-state index in [1.54, 1.807) is 31.6 Å². The number of nitrogens with zero attached hydrogens (tertiary/aromatic N) is 1. The van der Waals surface area contributed by atoms with E-state index in [1.165, 1.54) is 5.56 Å². The van der Waals surface area contributed by atoms with Gasteiger partial charge in [-0.2, -0.15) is 0 Å². The van der Waals surface area contributed by atoms with Crippen molar-refractivity contribution in [2.24, 2.45) is 0 Å². The molecule has 0 aliphatic heterocycles. The zero-order valence-corrected chi connectivity index (χ0v) is 22.7. The van der Waals surface area contributed by atoms with E-state index in [2.05, 4.69) is 10.6 Å². The molecule has 0 saturated heterocycles. The molecule has 0 saturated carbocycles. The Balaban J connectivity index is 0.00000320. The van der Waals surface area contributed by atoms with Crippen LogP contribution in [0.2, 0.25) is 0 Å². The Labute approximate surface area is 227 Å². The van der Waals surface area contributed by atoms with E-state index in [0.717, 1.165) is 69.8 Å². The Kier molecular flexibility index (Phi) is 8.36. The van der Waals surface area contributed by atoms with Crippen LogP contribution in [-0.4, -0.2) is 25.1 Å². The molecule has 0 radical (unpaired) electrons. The summed E-state index contributed by atoms with van der Waals surface area (Å²) in [6.07, 6.45) is 7.65. The number of carbonyl (C=O) groups excluding carboxylic acids is 1. The van der Waals surface area contributed by atoms with Crippen molar-refractivity contribution in [3.8, 4) is 11.5 Å². The van der Waals surface area contributed by atoms with Gasteiger partial charge in [0.25, 0.3) is 0 Å². The number of rotatable bonds is 7. The van der Waals surface area contributed by atoms with Crippen molar-refractivity contribution in [2.45, 2.75) is 32.6 Å². The van der Waals surface area contributed by atoms with Crippen LogP contribution in [0.15, 0.2) is 53.9 Å². The topological polar surface area (TPSA) is 72.5 Å². The molecule has 0 atom stereocenters. The summed E-state index contributed by atoms with van der Waals surface area (Å²) in [5.74, 6) is 1.18. The molecule has 0 bridgehead atoms. The number of fused-ring (bicyclic) bond motifs is 2. The highest BCUT2D eigenvalue weighted by atomic mass is 35.5. The van der Waals surface area contributed by atoms with Crippen molar-refractivity contribution in [1.29, 1.82) is 0 Å². The van der Waals surface area contributed by atoms with Gasteiger partial charge in [-0.15, -0.1) is 23.7 Å². The number of halogens is 1. The maximum absolute atomic E-state index is 12.6. The van der Waals surface area contributed by atoms with Crippen molar-refractivity contribution in [3.05, 3.63) is 75.6 Å². The Hall–Kier alpha value is -3.55. The Morgan fingerprint density at radius 1 is 1.00 bits per heavy atom. The molecule has 1 amide bonds. The molecule has 2 heterocycles. The number of carbonyl (C=O) groups is 1. The minimum atomic E-state index is -0.164. The van der Waals surface area contributed by atoms with Crippen LogP contribution in [0.1, 0.15) is 34.5 Å². The standard InChI is InChI=1S/C29H29N3O3S.ClH/c1-18-14-15-36-27(18)12-13-28(33)30-19-8-10-24-22(16-19)29(21-6-4-5-7-23(21)32-24)31-20-9-11-25(34-2)26(17-20)35-3;/h8-17H,4-7H2,1-3H3,(H,30,33)(H,31,32);1H/b13-12+;. The minimum Gasteiger partial charge on any atom is -0.493 e. The van der Waals surface area contributed by atoms with E-state index in [4.69, 9.17) is 14.5 Å². The summed E-state index contributed by atoms with van der Waals surface area (Å²) in [7, 11) is 3.26. The summed E-state index contributed by atoms with van der Waals surface area (Å²) in [6.45, 7) is 2.04. The summed E-state index contributed by atoms with van der Waals surface area (Å²) >= 11 is 1.62. The van der Waals surface area contributed by atoms with Crippen molar-refractivity contribution in [1.82, 2.24) is 4.98 Å². The summed E-state index contributed by atoms with van der Waals surface area (Å²) in [6, 6.07) is 13.7. The minimum absolute atomic E-state index is 0. The zero-order valence-electron chi connectivity index (χ0n) is 21.1. The molecule has 8 heteroatoms. The van der Waals surface area contributed by atoms with Crippen LogP contribution in [0, 0.1) is 6.92 Å². The fourth-order valence-corrected chi connectivity index (χ4v) is 5.41. The quantitative estimate of drug-likeness (QED) is 0.243. The molecule has 192 valence electrons. The smallest absolute Gasteiger partial charge is 0.248 e. The SMILES string of the molecule is COc1ccc(Nc2c3c(nc4ccc(NC(=O)/C=C/c5sccc5C)cc24)CCCC3)cc1OC.Cl. The number of anilines is 3. The Bertz CT molecular complexity index is 1460. The van der Waals surface area contributed by atoms with Gasteiger partial charge >= 0.3 is 0 Å². The zero-order chi connectivity index (χ0) is 25.1. The highest BCUT2D eigenvalue weighted by Crippen LogP contribution is 2.38. The molecule has 2 aromatic carbocycles. The largest absolute Gasteiger partial charge is 0.493 e. The summed E-state index contributed by atoms with van der Waals surface area (Å²) < 4.78 is 10.9. The summed E-state index contributed by atoms with van der Waals surface area (Å²) in [4.78, 5) is 18.7. The van der Waals surface area contributed by atoms with Crippen LogP contribution in [0.4, 0.5) is 17.1 Å². The first-order valence-corrected chi connectivity index (χ1v) is 12.9. The van der Waals surface area contributed by atoms with Gasteiger partial charge in [-0.3, -0.25) is 9.78 Å². The number of thiophene rings is 1. The van der Waals surface area contributed by atoms with Gasteiger partial charge in [-0.1, -0.05) is 0 Å². The predicted molar refractivity (Wildman–Crippen MR) is 155 cm³/mol. The van der Waals surface area contributed by atoms with E-state index < -0.39 is 0 Å². The lowest BCUT2D eigenvalue weighted by Gasteiger charge is -2.22. The van der Waals surface area contributed by atoms with E-state index in [0.29, 0.717) is 11.5 Å². The van der Waals surface area contributed by atoms with Crippen LogP contribution in [-0.2, 0) is 17.6 Å². The fourth-order valence-electron chi connectivity index (χ4n) is 4.59. The maximum atomic E-state index is 12.6. The molecule has 6 nitrogen and oxygen atoms in total. The van der Waals surface area contributed by atoms with Crippen molar-refractivity contribution in [3.63, 3.8) is 0 Å². The summed E-state index contributed by atoms with van der Waals surface area (Å²) in [5, 5.41) is 9.64. The van der Waals surface area contributed by atoms with E-state index >= 15 is 0 Å². The van der Waals surface area contributed by atoms with E-state index in [9.17, 15) is 4.79 Å². The highest BCUT2D eigenvalue weighted by molar-refractivity contribution is 7.11. The van der Waals surface area contributed by atoms with Gasteiger partial charge in [-0.25, -0.2) is 0 Å². The first kappa shape index (κ1) is 26.5. The molecule has 4 aromatic rings. The van der Waals surface area contributed by atoms with Gasteiger partial charge in [0.1, 0.15) is 0 Å². The number of hydrogen-bond acceptors (Lipinski definition) is 6. The summed E-state index contributed by atoms with van der Waals surface area (Å²) in [5.41, 5.74) is 7.10. The van der Waals surface area contributed by atoms with Gasteiger partial charge in [-0.05, 0) is 91.6 Å². The molecule has 2 N–H and O–H groups in total. The molecule has 5 rings (SSSR count). The Morgan fingerprint density at radius 2 is 1.78 bits per heavy atom. The number of amides is 1. The van der Waals surface area contributed by atoms with E-state index in [-0.39, 0.29) is 18.3 Å². The monoisotopic (exact) mass is 535 g/mol. The van der Waals surface area contributed by atoms with Gasteiger partial charge < -0.3 is 20.1 Å². The average molecular weight is 536 g/mol.